The molecule has 3 aromatic rings. The maximum absolute atomic E-state index is 10.6. The van der Waals surface area contributed by atoms with Crippen molar-refractivity contribution in [3.63, 3.8) is 0 Å². The molecule has 0 aliphatic carbocycles. The number of non-ortho nitro benzene ring substituents is 1. The van der Waals surface area contributed by atoms with Crippen LogP contribution < -0.4 is 4.74 Å². The van der Waals surface area contributed by atoms with Crippen molar-refractivity contribution in [2.24, 2.45) is 0 Å². The van der Waals surface area contributed by atoms with Gasteiger partial charge in [-0.1, -0.05) is 0 Å². The van der Waals surface area contributed by atoms with Gasteiger partial charge in [0, 0.05) is 36.3 Å². The van der Waals surface area contributed by atoms with Crippen molar-refractivity contribution < 1.29 is 9.66 Å². The number of nitrogens with zero attached hydrogens (tertiary/aromatic N) is 4. The second-order valence-corrected chi connectivity index (χ2v) is 4.77. The van der Waals surface area contributed by atoms with Gasteiger partial charge in [-0.2, -0.15) is 5.10 Å². The minimum absolute atomic E-state index is 0.0457. The molecule has 0 saturated heterocycles. The highest BCUT2D eigenvalue weighted by molar-refractivity contribution is 5.58. The maximum atomic E-state index is 10.6. The van der Waals surface area contributed by atoms with Crippen LogP contribution in [0.2, 0.25) is 0 Å². The van der Waals surface area contributed by atoms with E-state index in [2.05, 4.69) is 10.1 Å². The summed E-state index contributed by atoms with van der Waals surface area (Å²) >= 11 is 0. The summed E-state index contributed by atoms with van der Waals surface area (Å²) < 4.78 is 7.46. The first-order chi connectivity index (χ1) is 11.2. The van der Waals surface area contributed by atoms with E-state index >= 15 is 0 Å². The van der Waals surface area contributed by atoms with Gasteiger partial charge >= 0.3 is 0 Å². The van der Waals surface area contributed by atoms with Gasteiger partial charge in [0.1, 0.15) is 12.4 Å². The zero-order chi connectivity index (χ0) is 16.1. The lowest BCUT2D eigenvalue weighted by Crippen LogP contribution is -2.10. The molecule has 0 aliphatic rings. The Kier molecular flexibility index (Phi) is 4.28. The van der Waals surface area contributed by atoms with Crippen molar-refractivity contribution in [1.82, 2.24) is 14.8 Å². The second kappa shape index (κ2) is 6.69. The van der Waals surface area contributed by atoms with Crippen molar-refractivity contribution in [1.29, 1.82) is 0 Å². The van der Waals surface area contributed by atoms with E-state index < -0.39 is 4.92 Å². The van der Waals surface area contributed by atoms with Gasteiger partial charge in [0.25, 0.3) is 5.69 Å². The van der Waals surface area contributed by atoms with Crippen LogP contribution in [-0.4, -0.2) is 26.3 Å². The lowest BCUT2D eigenvalue weighted by Gasteiger charge is -2.09. The van der Waals surface area contributed by atoms with E-state index in [1.54, 1.807) is 30.7 Å². The molecule has 0 N–H and O–H groups in total. The molecule has 3 rings (SSSR count). The van der Waals surface area contributed by atoms with E-state index in [1.807, 2.05) is 22.9 Å². The van der Waals surface area contributed by atoms with Gasteiger partial charge in [-0.25, -0.2) is 0 Å². The van der Waals surface area contributed by atoms with Gasteiger partial charge in [-0.3, -0.25) is 19.8 Å². The Bertz CT molecular complexity index is 785. The van der Waals surface area contributed by atoms with Crippen LogP contribution in [0.4, 0.5) is 5.69 Å². The average molecular weight is 310 g/mol. The molecule has 0 unspecified atom stereocenters. The molecule has 0 spiro atoms. The van der Waals surface area contributed by atoms with Crippen LogP contribution >= 0.6 is 0 Å². The van der Waals surface area contributed by atoms with E-state index in [-0.39, 0.29) is 5.69 Å². The molecule has 116 valence electrons. The Morgan fingerprint density at radius 3 is 2.48 bits per heavy atom. The van der Waals surface area contributed by atoms with Gasteiger partial charge in [0.15, 0.2) is 0 Å². The third-order valence-electron chi connectivity index (χ3n) is 3.31. The molecular formula is C16H14N4O3. The van der Waals surface area contributed by atoms with Crippen LogP contribution in [0.3, 0.4) is 0 Å². The first-order valence-corrected chi connectivity index (χ1v) is 7.03. The topological polar surface area (TPSA) is 83.1 Å². The number of aromatic nitrogens is 3. The molecule has 23 heavy (non-hydrogen) atoms. The monoisotopic (exact) mass is 310 g/mol. The molecule has 0 radical (unpaired) electrons. The fourth-order valence-corrected chi connectivity index (χ4v) is 2.19. The van der Waals surface area contributed by atoms with Crippen molar-refractivity contribution in [3.05, 3.63) is 71.2 Å². The molecule has 2 aromatic heterocycles. The molecule has 0 fully saturated rings. The lowest BCUT2D eigenvalue weighted by molar-refractivity contribution is -0.384. The molecule has 7 heteroatoms. The molecule has 2 heterocycles. The van der Waals surface area contributed by atoms with Crippen LogP contribution in [0, 0.1) is 10.1 Å². The minimum atomic E-state index is -0.436. The van der Waals surface area contributed by atoms with Crippen molar-refractivity contribution in [2.75, 3.05) is 6.61 Å². The fourth-order valence-electron chi connectivity index (χ4n) is 2.19. The standard InChI is InChI=1S/C16H14N4O3/c21-20(22)14-1-3-15(4-2-14)23-12-11-19-16(7-10-18-19)13-5-8-17-9-6-13/h1-10H,11-12H2. The van der Waals surface area contributed by atoms with Crippen LogP contribution in [-0.2, 0) is 6.54 Å². The van der Waals surface area contributed by atoms with Gasteiger partial charge in [0.2, 0.25) is 0 Å². The smallest absolute Gasteiger partial charge is 0.269 e. The molecule has 0 saturated carbocycles. The predicted molar refractivity (Wildman–Crippen MR) is 84.0 cm³/mol. The highest BCUT2D eigenvalue weighted by atomic mass is 16.6. The normalized spacial score (nSPS) is 10.4. The average Bonchev–Trinajstić information content (AvgIpc) is 3.05. The number of benzene rings is 1. The van der Waals surface area contributed by atoms with E-state index in [4.69, 9.17) is 4.74 Å². The first-order valence-electron chi connectivity index (χ1n) is 7.03. The zero-order valence-electron chi connectivity index (χ0n) is 12.2. The van der Waals surface area contributed by atoms with Crippen molar-refractivity contribution >= 4 is 5.69 Å². The van der Waals surface area contributed by atoms with E-state index in [9.17, 15) is 10.1 Å². The molecule has 1 aromatic carbocycles. The number of hydrogen-bond donors (Lipinski definition) is 0. The lowest BCUT2D eigenvalue weighted by atomic mass is 10.2. The molecule has 0 atom stereocenters. The van der Waals surface area contributed by atoms with Gasteiger partial charge in [-0.15, -0.1) is 0 Å². The molecular weight excluding hydrogens is 296 g/mol. The highest BCUT2D eigenvalue weighted by Crippen LogP contribution is 2.19. The van der Waals surface area contributed by atoms with Gasteiger partial charge in [-0.05, 0) is 30.3 Å². The number of nitro groups is 1. The van der Waals surface area contributed by atoms with E-state index in [0.717, 1.165) is 11.3 Å². The third kappa shape index (κ3) is 3.52. The van der Waals surface area contributed by atoms with E-state index in [1.165, 1.54) is 12.1 Å². The first kappa shape index (κ1) is 14.7. The third-order valence-corrected chi connectivity index (χ3v) is 3.31. The Labute approximate surface area is 132 Å². The number of hydrogen-bond acceptors (Lipinski definition) is 5. The van der Waals surface area contributed by atoms with Crippen LogP contribution in [0.5, 0.6) is 5.75 Å². The molecule has 0 amide bonds. The highest BCUT2D eigenvalue weighted by Gasteiger charge is 2.06. The number of rotatable bonds is 6. The Balaban J connectivity index is 1.61. The summed E-state index contributed by atoms with van der Waals surface area (Å²) in [5, 5.41) is 14.9. The van der Waals surface area contributed by atoms with Gasteiger partial charge < -0.3 is 4.74 Å². The van der Waals surface area contributed by atoms with Crippen molar-refractivity contribution in [3.8, 4) is 17.0 Å². The SMILES string of the molecule is O=[N+]([O-])c1ccc(OCCn2nccc2-c2ccncc2)cc1. The summed E-state index contributed by atoms with van der Waals surface area (Å²) in [4.78, 5) is 14.2. The fraction of sp³-hybridized carbons (Fsp3) is 0.125. The number of pyridine rings is 1. The van der Waals surface area contributed by atoms with Crippen LogP contribution in [0.25, 0.3) is 11.3 Å². The summed E-state index contributed by atoms with van der Waals surface area (Å²) in [6, 6.07) is 11.8. The van der Waals surface area contributed by atoms with Crippen LogP contribution in [0.15, 0.2) is 61.1 Å². The molecule has 7 nitrogen and oxygen atoms in total. The minimum Gasteiger partial charge on any atom is -0.492 e. The Hall–Kier alpha value is -3.22. The Morgan fingerprint density at radius 2 is 1.78 bits per heavy atom. The summed E-state index contributed by atoms with van der Waals surface area (Å²) in [5.41, 5.74) is 2.07. The maximum Gasteiger partial charge on any atom is 0.269 e. The van der Waals surface area contributed by atoms with Crippen LogP contribution in [0.1, 0.15) is 0 Å². The second-order valence-electron chi connectivity index (χ2n) is 4.77. The number of ether oxygens (including phenoxy) is 1. The summed E-state index contributed by atoms with van der Waals surface area (Å²) in [5.74, 6) is 0.591. The Morgan fingerprint density at radius 1 is 1.04 bits per heavy atom. The zero-order valence-corrected chi connectivity index (χ0v) is 12.2. The molecule has 0 aliphatic heterocycles. The van der Waals surface area contributed by atoms with Crippen molar-refractivity contribution in [2.45, 2.75) is 6.54 Å². The summed E-state index contributed by atoms with van der Waals surface area (Å²) in [6.45, 7) is 0.985. The number of nitro benzene ring substituents is 1. The quantitative estimate of drug-likeness (QED) is 0.516. The summed E-state index contributed by atoms with van der Waals surface area (Å²) in [6.07, 6.45) is 5.21. The van der Waals surface area contributed by atoms with Gasteiger partial charge in [0.05, 0.1) is 17.2 Å². The summed E-state index contributed by atoms with van der Waals surface area (Å²) in [7, 11) is 0. The largest absolute Gasteiger partial charge is 0.492 e. The van der Waals surface area contributed by atoms with E-state index in [0.29, 0.717) is 18.9 Å². The predicted octanol–water partition coefficient (Wildman–Crippen LogP) is 2.93. The molecule has 0 bridgehead atoms.